The number of likely N-dealkylation sites (N-methyl/N-ethyl adjacent to an activating group) is 1. The largest absolute Gasteiger partial charge is 0.508 e. The number of nitrogens with one attached hydrogen (secondary N) is 1. The van der Waals surface area contributed by atoms with Gasteiger partial charge in [0.15, 0.2) is 17.2 Å². The fourth-order valence-electron chi connectivity index (χ4n) is 7.84. The van der Waals surface area contributed by atoms with Gasteiger partial charge in [-0.25, -0.2) is 15.4 Å². The number of aliphatic carboxylic acids is 1. The number of aryl methyl sites for hydroxylation is 1. The first-order valence-corrected chi connectivity index (χ1v) is 20.1. The fraction of sp³-hybridized carbons (Fsp3) is 0.439. The van der Waals surface area contributed by atoms with E-state index in [2.05, 4.69) is 9.97 Å². The number of carboxylic acids is 1. The van der Waals surface area contributed by atoms with Crippen LogP contribution in [0.4, 0.5) is 11.5 Å². The molecule has 1 saturated carbocycles. The van der Waals surface area contributed by atoms with Gasteiger partial charge < -0.3 is 62.9 Å². The van der Waals surface area contributed by atoms with Gasteiger partial charge in [-0.15, -0.1) is 0 Å². The summed E-state index contributed by atoms with van der Waals surface area (Å²) in [6, 6.07) is 4.46. The van der Waals surface area contributed by atoms with E-state index in [1.54, 1.807) is 39.2 Å². The molecular weight excluding hydrogens is 855 g/mol. The molecule has 6 rings (SSSR count). The number of aromatic hydroxyl groups is 1. The lowest BCUT2D eigenvalue weighted by molar-refractivity contribution is -0.392. The summed E-state index contributed by atoms with van der Waals surface area (Å²) in [5.74, 6) is -2.44. The third-order valence-electron chi connectivity index (χ3n) is 11.0. The molecule has 2 heterocycles. The first kappa shape index (κ1) is 52.5. The molecule has 65 heavy (non-hydrogen) atoms. The number of nitrogens with zero attached hydrogens (tertiary/aromatic N) is 6. The second-order valence-corrected chi connectivity index (χ2v) is 15.5. The van der Waals surface area contributed by atoms with E-state index in [0.29, 0.717) is 29.9 Å². The average Bonchev–Trinajstić information content (AvgIpc) is 3.62. The van der Waals surface area contributed by atoms with Crippen LogP contribution in [-0.2, 0) is 32.1 Å². The topological polar surface area (TPSA) is 403 Å². The number of phenolic OH excluding ortho intramolecular Hbond substituents is 1. The summed E-state index contributed by atoms with van der Waals surface area (Å²) in [5.41, 5.74) is 16.1. The van der Waals surface area contributed by atoms with Crippen LogP contribution in [0.15, 0.2) is 59.8 Å². The number of carboxylic acid groups (broad SMARTS) is 1. The van der Waals surface area contributed by atoms with Gasteiger partial charge in [0, 0.05) is 56.2 Å². The van der Waals surface area contributed by atoms with E-state index in [1.807, 2.05) is 24.4 Å². The first-order chi connectivity index (χ1) is 30.5. The quantitative estimate of drug-likeness (QED) is 0.0268. The van der Waals surface area contributed by atoms with Crippen LogP contribution in [-0.4, -0.2) is 143 Å². The van der Waals surface area contributed by atoms with Crippen LogP contribution >= 0.6 is 0 Å². The smallest absolute Gasteiger partial charge is 0.342 e. The zero-order chi connectivity index (χ0) is 49.1. The Labute approximate surface area is 373 Å². The van der Waals surface area contributed by atoms with Crippen LogP contribution in [0, 0.1) is 28.9 Å². The van der Waals surface area contributed by atoms with Crippen molar-refractivity contribution < 1.29 is 59.5 Å². The standard InChI is InChI=1S/C23H27N3O7.C6H9N3O3.C6H7N3O.C6H14N2O2/c1-25(2)12-5-6-13(27)15-10(12)7-9-8-11-17(26(3)4)19(29)16(22(24)32)21(31)23(11,33)20(30)14(9)18(15)28;1-5-7-4-6(9(11)12)8(5)2-3-10;7-9-6(10)5-1-3-8-4-2-5;7-4-2-1-3-5(8)6(9)10/h5-6,9,11,17,27-28,31,33H,7-8H2,1-4H3,(H2,24,32);4,10H,2-3H2,1H3;1-4H,7H2,(H,9,10);5H,1-4,7-8H2,(H,9,10)/t9-,11-,17-,23-;;;5-/m0..0/s1. The number of unbranched alkanes of at least 4 members (excludes halogenated alkanes) is 1. The van der Waals surface area contributed by atoms with Crippen LogP contribution in [0.1, 0.15) is 53.0 Å². The lowest BCUT2D eigenvalue weighted by Gasteiger charge is -2.50. The Balaban J connectivity index is 0.000000284. The van der Waals surface area contributed by atoms with Gasteiger partial charge in [0.05, 0.1) is 18.2 Å². The summed E-state index contributed by atoms with van der Waals surface area (Å²) >= 11 is 0. The predicted molar refractivity (Wildman–Crippen MR) is 234 cm³/mol. The number of rotatable bonds is 12. The number of hydrazine groups is 1. The van der Waals surface area contributed by atoms with Crippen LogP contribution in [0.5, 0.6) is 5.75 Å². The summed E-state index contributed by atoms with van der Waals surface area (Å²) in [6.45, 7) is 2.34. The second kappa shape index (κ2) is 22.7. The van der Waals surface area contributed by atoms with Gasteiger partial charge in [0.2, 0.25) is 5.78 Å². The SMILES string of the molecule is CN(C)c1ccc(O)c2c1C[C@H]1C[C@H]3[C@H](N(C)C)C(=O)C(C(N)=O)=C(O)[C@@]3(O)C(=O)C1=C2O.Cc1ncc([N+](=O)[O-])n1CCO.NCCCC[C@H](N)C(=O)O.NNC(=O)c1ccncc1. The molecule has 2 aromatic heterocycles. The summed E-state index contributed by atoms with van der Waals surface area (Å²) in [7, 11) is 6.75. The lowest BCUT2D eigenvalue weighted by Crippen LogP contribution is -2.65. The normalized spacial score (nSPS) is 20.0. The van der Waals surface area contributed by atoms with E-state index in [9.17, 15) is 54.5 Å². The van der Waals surface area contributed by atoms with E-state index in [1.165, 1.54) is 34.1 Å². The number of aliphatic hydroxyl groups excluding tert-OH is 3. The number of Topliss-reactive ketones (excluding diaryl/α,β-unsaturated/α-hetero) is 2. The van der Waals surface area contributed by atoms with Gasteiger partial charge in [-0.2, -0.15) is 0 Å². The van der Waals surface area contributed by atoms with Crippen molar-refractivity contribution in [1.29, 1.82) is 0 Å². The van der Waals surface area contributed by atoms with Crippen LogP contribution < -0.4 is 33.4 Å². The molecule has 15 N–H and O–H groups in total. The summed E-state index contributed by atoms with van der Waals surface area (Å²) < 4.78 is 1.36. The fourth-order valence-corrected chi connectivity index (χ4v) is 7.84. The molecule has 24 heteroatoms. The maximum atomic E-state index is 13.7. The molecule has 0 unspecified atom stereocenters. The minimum atomic E-state index is -2.63. The number of nitro groups is 1. The Morgan fingerprint density at radius 1 is 1.08 bits per heavy atom. The van der Waals surface area contributed by atoms with E-state index in [0.717, 1.165) is 18.5 Å². The van der Waals surface area contributed by atoms with Crippen molar-refractivity contribution in [2.45, 2.75) is 63.3 Å². The number of anilines is 1. The van der Waals surface area contributed by atoms with E-state index < -0.39 is 75.0 Å². The average molecular weight is 912 g/mol. The number of nitrogen functional groups attached to an aromatic ring is 1. The van der Waals surface area contributed by atoms with Crippen LogP contribution in [0.3, 0.4) is 0 Å². The van der Waals surface area contributed by atoms with Gasteiger partial charge in [0.1, 0.15) is 41.6 Å². The highest BCUT2D eigenvalue weighted by molar-refractivity contribution is 6.24. The molecule has 0 saturated heterocycles. The molecular formula is C41H57N11O13. The number of nitrogens with two attached hydrogens (primary N) is 4. The molecule has 1 fully saturated rings. The Hall–Kier alpha value is -6.83. The molecule has 0 aliphatic heterocycles. The van der Waals surface area contributed by atoms with Gasteiger partial charge in [-0.05, 0) is 87.0 Å². The number of carbonyl (C=O) groups excluding carboxylic acids is 4. The van der Waals surface area contributed by atoms with Crippen molar-refractivity contribution in [3.05, 3.63) is 92.4 Å². The molecule has 1 aromatic carbocycles. The number of pyridine rings is 1. The Morgan fingerprint density at radius 3 is 2.22 bits per heavy atom. The zero-order valence-corrected chi connectivity index (χ0v) is 36.5. The highest BCUT2D eigenvalue weighted by atomic mass is 16.6. The summed E-state index contributed by atoms with van der Waals surface area (Å²) in [4.78, 5) is 80.2. The molecule has 3 aromatic rings. The molecule has 354 valence electrons. The number of carbonyl (C=O) groups is 5. The number of aliphatic hydroxyl groups is 4. The Kier molecular flexibility index (Phi) is 18.3. The zero-order valence-electron chi connectivity index (χ0n) is 36.5. The van der Waals surface area contributed by atoms with Crippen LogP contribution in [0.25, 0.3) is 5.76 Å². The van der Waals surface area contributed by atoms with Gasteiger partial charge >= 0.3 is 11.8 Å². The third kappa shape index (κ3) is 11.5. The van der Waals surface area contributed by atoms with Crippen molar-refractivity contribution in [3.8, 4) is 5.75 Å². The number of fused-ring (bicyclic) bond motifs is 3. The number of ketones is 2. The molecule has 3 aliphatic rings. The molecule has 0 bridgehead atoms. The van der Waals surface area contributed by atoms with Crippen LogP contribution in [0.2, 0.25) is 0 Å². The number of hydrogen-bond donors (Lipinski definition) is 11. The predicted octanol–water partition coefficient (Wildman–Crippen LogP) is -0.666. The monoisotopic (exact) mass is 911 g/mol. The van der Waals surface area contributed by atoms with Crippen molar-refractivity contribution in [3.63, 3.8) is 0 Å². The third-order valence-corrected chi connectivity index (χ3v) is 11.0. The molecule has 5 atom stereocenters. The minimum absolute atomic E-state index is 0.0638. The highest BCUT2D eigenvalue weighted by Crippen LogP contribution is 2.53. The van der Waals surface area contributed by atoms with E-state index in [4.69, 9.17) is 33.3 Å². The summed E-state index contributed by atoms with van der Waals surface area (Å²) in [5, 5.41) is 71.2. The highest BCUT2D eigenvalue weighted by Gasteiger charge is 2.64. The van der Waals surface area contributed by atoms with E-state index >= 15 is 0 Å². The molecule has 0 radical (unpaired) electrons. The number of benzene rings is 1. The number of aromatic nitrogens is 3. The van der Waals surface area contributed by atoms with E-state index in [-0.39, 0.29) is 54.6 Å². The van der Waals surface area contributed by atoms with Gasteiger partial charge in [-0.1, -0.05) is 6.42 Å². The van der Waals surface area contributed by atoms with Gasteiger partial charge in [-0.3, -0.25) is 39.3 Å². The number of primary amides is 1. The molecule has 3 aliphatic carbocycles. The van der Waals surface area contributed by atoms with Crippen molar-refractivity contribution >= 4 is 46.6 Å². The second-order valence-electron chi connectivity index (χ2n) is 15.5. The number of hydrogen-bond acceptors (Lipinski definition) is 19. The molecule has 2 amide bonds. The Morgan fingerprint density at radius 2 is 1.71 bits per heavy atom. The van der Waals surface area contributed by atoms with Crippen molar-refractivity contribution in [2.75, 3.05) is 46.2 Å². The number of imidazole rings is 1. The summed E-state index contributed by atoms with van der Waals surface area (Å²) in [6.07, 6.45) is 6.74. The van der Waals surface area contributed by atoms with Crippen molar-refractivity contribution in [2.24, 2.45) is 34.9 Å². The lowest BCUT2D eigenvalue weighted by atomic mass is 9.57. The molecule has 24 nitrogen and oxygen atoms in total. The van der Waals surface area contributed by atoms with Gasteiger partial charge in [0.25, 0.3) is 11.8 Å². The number of amides is 2. The number of phenols is 1. The molecule has 0 spiro atoms. The Bertz CT molecular complexity index is 2310. The maximum Gasteiger partial charge on any atom is 0.342 e. The minimum Gasteiger partial charge on any atom is -0.508 e. The maximum absolute atomic E-state index is 13.7. The van der Waals surface area contributed by atoms with Crippen molar-refractivity contribution in [1.82, 2.24) is 24.9 Å². The first-order valence-electron chi connectivity index (χ1n) is 20.1.